The first kappa shape index (κ1) is 17.3. The lowest BCUT2D eigenvalue weighted by Gasteiger charge is -2.32. The van der Waals surface area contributed by atoms with Gasteiger partial charge in [-0.2, -0.15) is 0 Å². The fourth-order valence-electron chi connectivity index (χ4n) is 2.84. The van der Waals surface area contributed by atoms with Crippen molar-refractivity contribution in [3.8, 4) is 0 Å². The maximum absolute atomic E-state index is 4.33. The second kappa shape index (κ2) is 9.22. The van der Waals surface area contributed by atoms with Crippen LogP contribution in [-0.2, 0) is 0 Å². The van der Waals surface area contributed by atoms with Crippen LogP contribution in [0.5, 0.6) is 0 Å². The maximum atomic E-state index is 4.33. The van der Waals surface area contributed by atoms with Gasteiger partial charge in [-0.3, -0.25) is 4.99 Å². The van der Waals surface area contributed by atoms with Gasteiger partial charge in [0.15, 0.2) is 5.96 Å². The summed E-state index contributed by atoms with van der Waals surface area (Å²) in [6, 6.07) is 0.597. The average molecular weight is 282 g/mol. The van der Waals surface area contributed by atoms with E-state index >= 15 is 0 Å². The molecule has 0 aromatic rings. The van der Waals surface area contributed by atoms with Gasteiger partial charge in [0.05, 0.1) is 0 Å². The molecule has 0 radical (unpaired) electrons. The maximum Gasteiger partial charge on any atom is 0.191 e. The molecule has 0 atom stereocenters. The first-order valence-electron chi connectivity index (χ1n) is 8.22. The van der Waals surface area contributed by atoms with Crippen LogP contribution >= 0.6 is 0 Å². The van der Waals surface area contributed by atoms with Crippen molar-refractivity contribution in [1.82, 2.24) is 15.5 Å². The van der Waals surface area contributed by atoms with E-state index in [0.29, 0.717) is 6.04 Å². The zero-order valence-electron chi connectivity index (χ0n) is 14.1. The van der Waals surface area contributed by atoms with Gasteiger partial charge in [-0.1, -0.05) is 20.8 Å². The molecule has 0 aliphatic heterocycles. The first-order chi connectivity index (χ1) is 9.56. The van der Waals surface area contributed by atoms with Crippen molar-refractivity contribution in [2.45, 2.75) is 52.5 Å². The highest BCUT2D eigenvalue weighted by Crippen LogP contribution is 2.29. The van der Waals surface area contributed by atoms with Gasteiger partial charge < -0.3 is 15.5 Å². The van der Waals surface area contributed by atoms with E-state index in [1.54, 1.807) is 0 Å². The smallest absolute Gasteiger partial charge is 0.191 e. The number of likely N-dealkylation sites (N-methyl/N-ethyl adjacent to an activating group) is 1. The average Bonchev–Trinajstić information content (AvgIpc) is 2.46. The molecule has 20 heavy (non-hydrogen) atoms. The molecule has 4 heteroatoms. The molecule has 0 bridgehead atoms. The molecule has 1 rings (SSSR count). The number of nitrogens with zero attached hydrogens (tertiary/aromatic N) is 2. The molecule has 1 fully saturated rings. The van der Waals surface area contributed by atoms with Crippen LogP contribution in [0, 0.1) is 11.8 Å². The third-order valence-electron chi connectivity index (χ3n) is 4.60. The molecule has 4 nitrogen and oxygen atoms in total. The van der Waals surface area contributed by atoms with Crippen LogP contribution < -0.4 is 10.6 Å². The van der Waals surface area contributed by atoms with E-state index in [4.69, 9.17) is 0 Å². The van der Waals surface area contributed by atoms with Crippen molar-refractivity contribution >= 4 is 5.96 Å². The van der Waals surface area contributed by atoms with E-state index in [-0.39, 0.29) is 0 Å². The zero-order chi connectivity index (χ0) is 15.0. The Hall–Kier alpha value is -0.770. The highest BCUT2D eigenvalue weighted by molar-refractivity contribution is 5.79. The summed E-state index contributed by atoms with van der Waals surface area (Å²) in [5.41, 5.74) is 0. The predicted octanol–water partition coefficient (Wildman–Crippen LogP) is 2.32. The topological polar surface area (TPSA) is 39.7 Å². The van der Waals surface area contributed by atoms with Crippen molar-refractivity contribution < 1.29 is 0 Å². The lowest BCUT2D eigenvalue weighted by Crippen LogP contribution is -2.46. The van der Waals surface area contributed by atoms with E-state index in [1.807, 2.05) is 7.05 Å². The molecule has 1 aliphatic carbocycles. The van der Waals surface area contributed by atoms with Crippen LogP contribution in [0.3, 0.4) is 0 Å². The Morgan fingerprint density at radius 1 is 1.25 bits per heavy atom. The van der Waals surface area contributed by atoms with Crippen LogP contribution in [0.15, 0.2) is 4.99 Å². The molecule has 0 unspecified atom stereocenters. The van der Waals surface area contributed by atoms with Crippen molar-refractivity contribution in [1.29, 1.82) is 0 Å². The monoisotopic (exact) mass is 282 g/mol. The largest absolute Gasteiger partial charge is 0.355 e. The SMILES string of the molecule is CCN(C)CCNC(=NC)NC1CCC(C(C)C)CC1. The second-order valence-electron chi connectivity index (χ2n) is 6.39. The summed E-state index contributed by atoms with van der Waals surface area (Å²) < 4.78 is 0. The quantitative estimate of drug-likeness (QED) is 0.580. The molecule has 0 spiro atoms. The van der Waals surface area contributed by atoms with Crippen LogP contribution in [-0.4, -0.2) is 50.6 Å². The second-order valence-corrected chi connectivity index (χ2v) is 6.39. The minimum Gasteiger partial charge on any atom is -0.355 e. The highest BCUT2D eigenvalue weighted by atomic mass is 15.2. The van der Waals surface area contributed by atoms with Crippen LogP contribution in [0.2, 0.25) is 0 Å². The number of hydrogen-bond acceptors (Lipinski definition) is 2. The standard InChI is InChI=1S/C16H34N4/c1-6-20(5)12-11-18-16(17-4)19-15-9-7-14(8-10-15)13(2)3/h13-15H,6-12H2,1-5H3,(H2,17,18,19). The Morgan fingerprint density at radius 3 is 2.40 bits per heavy atom. The summed E-state index contributed by atoms with van der Waals surface area (Å²) in [6.07, 6.45) is 5.26. The van der Waals surface area contributed by atoms with Gasteiger partial charge in [-0.25, -0.2) is 0 Å². The fourth-order valence-corrected chi connectivity index (χ4v) is 2.84. The highest BCUT2D eigenvalue weighted by Gasteiger charge is 2.23. The zero-order valence-corrected chi connectivity index (χ0v) is 14.1. The molecule has 0 aromatic heterocycles. The van der Waals surface area contributed by atoms with E-state index in [0.717, 1.165) is 37.4 Å². The first-order valence-corrected chi connectivity index (χ1v) is 8.22. The van der Waals surface area contributed by atoms with Gasteiger partial charge in [-0.15, -0.1) is 0 Å². The third-order valence-corrected chi connectivity index (χ3v) is 4.60. The summed E-state index contributed by atoms with van der Waals surface area (Å²) in [7, 11) is 4.00. The molecule has 0 aromatic carbocycles. The number of rotatable bonds is 6. The number of nitrogens with one attached hydrogen (secondary N) is 2. The molecule has 2 N–H and O–H groups in total. The summed E-state index contributed by atoms with van der Waals surface area (Å²) in [6.45, 7) is 9.97. The third kappa shape index (κ3) is 6.12. The van der Waals surface area contributed by atoms with Gasteiger partial charge in [0.2, 0.25) is 0 Å². The summed E-state index contributed by atoms with van der Waals surface area (Å²) in [5.74, 6) is 2.71. The molecular weight excluding hydrogens is 248 g/mol. The number of aliphatic imine (C=N–C) groups is 1. The predicted molar refractivity (Wildman–Crippen MR) is 88.3 cm³/mol. The fraction of sp³-hybridized carbons (Fsp3) is 0.938. The van der Waals surface area contributed by atoms with E-state index in [2.05, 4.69) is 48.3 Å². The van der Waals surface area contributed by atoms with Gasteiger partial charge in [0.25, 0.3) is 0 Å². The lowest BCUT2D eigenvalue weighted by molar-refractivity contribution is 0.250. The number of guanidine groups is 1. The minimum absolute atomic E-state index is 0.597. The van der Waals surface area contributed by atoms with Gasteiger partial charge >= 0.3 is 0 Å². The molecule has 0 heterocycles. The van der Waals surface area contributed by atoms with Gasteiger partial charge in [0.1, 0.15) is 0 Å². The van der Waals surface area contributed by atoms with Crippen molar-refractivity contribution in [2.24, 2.45) is 16.8 Å². The summed E-state index contributed by atoms with van der Waals surface area (Å²) >= 11 is 0. The lowest BCUT2D eigenvalue weighted by atomic mass is 9.80. The summed E-state index contributed by atoms with van der Waals surface area (Å²) in [5, 5.41) is 6.99. The van der Waals surface area contributed by atoms with Crippen LogP contribution in [0.25, 0.3) is 0 Å². The Morgan fingerprint density at radius 2 is 1.90 bits per heavy atom. The Kier molecular flexibility index (Phi) is 7.97. The molecule has 1 saturated carbocycles. The molecule has 0 amide bonds. The Labute approximate surface area is 125 Å². The van der Waals surface area contributed by atoms with E-state index < -0.39 is 0 Å². The molecule has 0 saturated heterocycles. The molecular formula is C16H34N4. The van der Waals surface area contributed by atoms with E-state index in [9.17, 15) is 0 Å². The van der Waals surface area contributed by atoms with E-state index in [1.165, 1.54) is 25.7 Å². The van der Waals surface area contributed by atoms with Crippen LogP contribution in [0.1, 0.15) is 46.5 Å². The van der Waals surface area contributed by atoms with Gasteiger partial charge in [-0.05, 0) is 51.1 Å². The normalized spacial score (nSPS) is 24.2. The minimum atomic E-state index is 0.597. The Balaban J connectivity index is 2.25. The van der Waals surface area contributed by atoms with Crippen LogP contribution in [0.4, 0.5) is 0 Å². The molecule has 118 valence electrons. The number of hydrogen-bond donors (Lipinski definition) is 2. The summed E-state index contributed by atoms with van der Waals surface area (Å²) in [4.78, 5) is 6.63. The Bertz CT molecular complexity index is 280. The van der Waals surface area contributed by atoms with Gasteiger partial charge in [0, 0.05) is 26.2 Å². The van der Waals surface area contributed by atoms with Crippen molar-refractivity contribution in [2.75, 3.05) is 33.7 Å². The molecule has 1 aliphatic rings. The van der Waals surface area contributed by atoms with Crippen molar-refractivity contribution in [3.05, 3.63) is 0 Å². The van der Waals surface area contributed by atoms with Crippen molar-refractivity contribution in [3.63, 3.8) is 0 Å².